The average molecular weight is 430 g/mol. The second-order valence-electron chi connectivity index (χ2n) is 4.93. The number of benzene rings is 1. The first kappa shape index (κ1) is 16.9. The van der Waals surface area contributed by atoms with Crippen molar-refractivity contribution in [3.05, 3.63) is 56.5 Å². The van der Waals surface area contributed by atoms with E-state index in [1.807, 2.05) is 6.07 Å². The smallest absolute Gasteiger partial charge is 0.277 e. The van der Waals surface area contributed by atoms with Crippen LogP contribution < -0.4 is 5.32 Å². The number of halogens is 3. The topological polar surface area (TPSA) is 77.6 Å². The number of carbonyl (C=O) groups is 1. The van der Waals surface area contributed by atoms with Crippen LogP contribution in [0.1, 0.15) is 16.1 Å². The first-order chi connectivity index (χ1) is 11.4. The standard InChI is InChI=1S/C14H11BrCl2N6O/c1-22-12(9(15)5-19-22)13(24)20-14-18-7-23(21-14)6-8-2-3-10(16)11(17)4-8/h2-5,7H,6H2,1H3,(H,20,21,24). The SMILES string of the molecule is Cn1ncc(Br)c1C(=O)Nc1ncn(Cc2ccc(Cl)c(Cl)c2)n1. The minimum atomic E-state index is -0.353. The molecule has 2 aromatic heterocycles. The molecule has 10 heteroatoms. The van der Waals surface area contributed by atoms with Gasteiger partial charge in [0.1, 0.15) is 12.0 Å². The van der Waals surface area contributed by atoms with Crippen LogP contribution in [0.4, 0.5) is 5.95 Å². The Labute approximate surface area is 155 Å². The molecule has 24 heavy (non-hydrogen) atoms. The van der Waals surface area contributed by atoms with Crippen LogP contribution in [0.3, 0.4) is 0 Å². The monoisotopic (exact) mass is 428 g/mol. The molecule has 0 atom stereocenters. The van der Waals surface area contributed by atoms with Crippen LogP contribution in [-0.2, 0) is 13.6 Å². The molecule has 0 aliphatic rings. The number of carbonyl (C=O) groups excluding carboxylic acids is 1. The summed E-state index contributed by atoms with van der Waals surface area (Å²) in [6, 6.07) is 5.33. The number of hydrogen-bond donors (Lipinski definition) is 1. The third-order valence-corrected chi connectivity index (χ3v) is 4.52. The van der Waals surface area contributed by atoms with Crippen LogP contribution in [-0.4, -0.2) is 30.5 Å². The number of aromatic nitrogens is 5. The summed E-state index contributed by atoms with van der Waals surface area (Å²) >= 11 is 15.2. The summed E-state index contributed by atoms with van der Waals surface area (Å²) in [6.45, 7) is 0.454. The zero-order valence-corrected chi connectivity index (χ0v) is 15.5. The molecule has 3 aromatic rings. The maximum Gasteiger partial charge on any atom is 0.277 e. The molecule has 1 amide bonds. The van der Waals surface area contributed by atoms with E-state index in [1.165, 1.54) is 11.0 Å². The summed E-state index contributed by atoms with van der Waals surface area (Å²) < 4.78 is 3.65. The van der Waals surface area contributed by atoms with Crippen LogP contribution in [0, 0.1) is 0 Å². The largest absolute Gasteiger partial charge is 0.288 e. The highest BCUT2D eigenvalue weighted by Crippen LogP contribution is 2.23. The van der Waals surface area contributed by atoms with Gasteiger partial charge >= 0.3 is 0 Å². The molecule has 0 fully saturated rings. The molecule has 7 nitrogen and oxygen atoms in total. The number of anilines is 1. The van der Waals surface area contributed by atoms with Crippen molar-refractivity contribution in [2.24, 2.45) is 7.05 Å². The highest BCUT2D eigenvalue weighted by molar-refractivity contribution is 9.10. The number of aryl methyl sites for hydroxylation is 1. The summed E-state index contributed by atoms with van der Waals surface area (Å²) in [5.74, 6) is -0.151. The molecule has 0 bridgehead atoms. The molecule has 0 unspecified atom stereocenters. The Morgan fingerprint density at radius 2 is 2.12 bits per heavy atom. The second-order valence-corrected chi connectivity index (χ2v) is 6.60. The summed E-state index contributed by atoms with van der Waals surface area (Å²) in [5, 5.41) is 11.8. The van der Waals surface area contributed by atoms with E-state index >= 15 is 0 Å². The maximum absolute atomic E-state index is 12.2. The van der Waals surface area contributed by atoms with Gasteiger partial charge in [-0.05, 0) is 33.6 Å². The Kier molecular flexibility index (Phi) is 4.88. The summed E-state index contributed by atoms with van der Waals surface area (Å²) in [5.41, 5.74) is 1.30. The van der Waals surface area contributed by atoms with Gasteiger partial charge in [0.2, 0.25) is 5.95 Å². The van der Waals surface area contributed by atoms with Gasteiger partial charge < -0.3 is 0 Å². The first-order valence-electron chi connectivity index (χ1n) is 6.76. The number of rotatable bonds is 4. The van der Waals surface area contributed by atoms with Gasteiger partial charge in [-0.15, -0.1) is 5.10 Å². The molecule has 0 saturated heterocycles. The predicted octanol–water partition coefficient (Wildman–Crippen LogP) is 3.38. The predicted molar refractivity (Wildman–Crippen MR) is 94.4 cm³/mol. The molecule has 124 valence electrons. The number of hydrogen-bond acceptors (Lipinski definition) is 4. The van der Waals surface area contributed by atoms with E-state index in [9.17, 15) is 4.79 Å². The van der Waals surface area contributed by atoms with Crippen LogP contribution >= 0.6 is 39.1 Å². The van der Waals surface area contributed by atoms with Crippen molar-refractivity contribution < 1.29 is 4.79 Å². The van der Waals surface area contributed by atoms with Gasteiger partial charge in [-0.3, -0.25) is 14.8 Å². The number of nitrogens with one attached hydrogen (secondary N) is 1. The van der Waals surface area contributed by atoms with Gasteiger partial charge in [-0.2, -0.15) is 5.10 Å². The van der Waals surface area contributed by atoms with Crippen molar-refractivity contribution >= 4 is 51.0 Å². The number of amides is 1. The van der Waals surface area contributed by atoms with Crippen LogP contribution in [0.2, 0.25) is 10.0 Å². The molecular weight excluding hydrogens is 419 g/mol. The van der Waals surface area contributed by atoms with Crippen molar-refractivity contribution in [3.8, 4) is 0 Å². The lowest BCUT2D eigenvalue weighted by molar-refractivity contribution is 0.101. The highest BCUT2D eigenvalue weighted by atomic mass is 79.9. The molecule has 0 spiro atoms. The van der Waals surface area contributed by atoms with E-state index in [4.69, 9.17) is 23.2 Å². The average Bonchev–Trinajstić information content (AvgIpc) is 3.09. The lowest BCUT2D eigenvalue weighted by Gasteiger charge is -2.04. The van der Waals surface area contributed by atoms with Crippen LogP contribution in [0.25, 0.3) is 0 Å². The highest BCUT2D eigenvalue weighted by Gasteiger charge is 2.17. The lowest BCUT2D eigenvalue weighted by atomic mass is 10.2. The van der Waals surface area contributed by atoms with Crippen LogP contribution in [0.15, 0.2) is 35.2 Å². The van der Waals surface area contributed by atoms with Gasteiger partial charge in [0.05, 0.1) is 27.3 Å². The molecule has 1 N–H and O–H groups in total. The van der Waals surface area contributed by atoms with E-state index in [0.29, 0.717) is 26.8 Å². The Hall–Kier alpha value is -1.90. The van der Waals surface area contributed by atoms with Gasteiger partial charge in [-0.25, -0.2) is 9.67 Å². The van der Waals surface area contributed by atoms with Crippen molar-refractivity contribution in [2.75, 3.05) is 5.32 Å². The molecule has 1 aromatic carbocycles. The van der Waals surface area contributed by atoms with Crippen molar-refractivity contribution in [1.29, 1.82) is 0 Å². The molecule has 0 saturated carbocycles. The van der Waals surface area contributed by atoms with Gasteiger partial charge in [0.25, 0.3) is 5.91 Å². The zero-order valence-electron chi connectivity index (χ0n) is 12.4. The Balaban J connectivity index is 1.71. The zero-order chi connectivity index (χ0) is 17.3. The third kappa shape index (κ3) is 3.61. The van der Waals surface area contributed by atoms with E-state index in [2.05, 4.69) is 36.4 Å². The maximum atomic E-state index is 12.2. The quantitative estimate of drug-likeness (QED) is 0.689. The summed E-state index contributed by atoms with van der Waals surface area (Å²) in [4.78, 5) is 16.3. The van der Waals surface area contributed by atoms with Crippen molar-refractivity contribution in [2.45, 2.75) is 6.54 Å². The number of nitrogens with zero attached hydrogens (tertiary/aromatic N) is 5. The van der Waals surface area contributed by atoms with E-state index in [0.717, 1.165) is 5.56 Å². The van der Waals surface area contributed by atoms with Gasteiger partial charge in [0, 0.05) is 7.05 Å². The molecule has 2 heterocycles. The molecule has 0 aliphatic heterocycles. The van der Waals surface area contributed by atoms with E-state index in [-0.39, 0.29) is 11.9 Å². The van der Waals surface area contributed by atoms with E-state index < -0.39 is 0 Å². The lowest BCUT2D eigenvalue weighted by Crippen LogP contribution is -2.17. The first-order valence-corrected chi connectivity index (χ1v) is 8.31. The van der Waals surface area contributed by atoms with Gasteiger partial charge in [-0.1, -0.05) is 29.3 Å². The minimum Gasteiger partial charge on any atom is -0.288 e. The fraction of sp³-hybridized carbons (Fsp3) is 0.143. The molecule has 3 rings (SSSR count). The van der Waals surface area contributed by atoms with Gasteiger partial charge in [0.15, 0.2) is 0 Å². The van der Waals surface area contributed by atoms with Crippen LogP contribution in [0.5, 0.6) is 0 Å². The second kappa shape index (κ2) is 6.92. The van der Waals surface area contributed by atoms with Crippen molar-refractivity contribution in [1.82, 2.24) is 24.5 Å². The molecule has 0 radical (unpaired) electrons. The fourth-order valence-electron chi connectivity index (χ4n) is 2.08. The molecular formula is C14H11BrCl2N6O. The normalized spacial score (nSPS) is 10.8. The third-order valence-electron chi connectivity index (χ3n) is 3.20. The Morgan fingerprint density at radius 1 is 1.33 bits per heavy atom. The minimum absolute atomic E-state index is 0.202. The fourth-order valence-corrected chi connectivity index (χ4v) is 2.93. The molecule has 0 aliphatic carbocycles. The van der Waals surface area contributed by atoms with E-state index in [1.54, 1.807) is 30.1 Å². The Bertz CT molecular complexity index is 887. The summed E-state index contributed by atoms with van der Waals surface area (Å²) in [7, 11) is 1.68. The Morgan fingerprint density at radius 3 is 2.79 bits per heavy atom. The summed E-state index contributed by atoms with van der Waals surface area (Å²) in [6.07, 6.45) is 3.07. The van der Waals surface area contributed by atoms with Crippen molar-refractivity contribution in [3.63, 3.8) is 0 Å².